The third kappa shape index (κ3) is 3.40. The number of nitrogens with zero attached hydrogens (tertiary/aromatic N) is 2. The van der Waals surface area contributed by atoms with Gasteiger partial charge in [-0.25, -0.2) is 8.42 Å². The second-order valence-corrected chi connectivity index (χ2v) is 9.40. The normalized spacial score (nSPS) is 25.0. The Labute approximate surface area is 172 Å². The summed E-state index contributed by atoms with van der Waals surface area (Å²) >= 11 is 0. The summed E-state index contributed by atoms with van der Waals surface area (Å²) in [4.78, 5) is 0.139. The Morgan fingerprint density at radius 2 is 1.79 bits per heavy atom. The maximum Gasteiger partial charge on any atom is 0.244 e. The average molecular weight is 409 g/mol. The number of allylic oxidation sites excluding steroid dienone is 2. The highest BCUT2D eigenvalue weighted by Crippen LogP contribution is 2.46. The Balaban J connectivity index is 1.74. The zero-order chi connectivity index (χ0) is 20.4. The number of aliphatic hydroxyl groups is 1. The molecule has 1 N–H and O–H groups in total. The van der Waals surface area contributed by atoms with Crippen molar-refractivity contribution < 1.29 is 13.5 Å². The summed E-state index contributed by atoms with van der Waals surface area (Å²) in [6.45, 7) is -0.331. The van der Waals surface area contributed by atoms with E-state index in [1.54, 1.807) is 18.2 Å². The summed E-state index contributed by atoms with van der Waals surface area (Å²) in [7, 11) is -3.87. The van der Waals surface area contributed by atoms with Crippen LogP contribution in [0.15, 0.2) is 65.6 Å². The van der Waals surface area contributed by atoms with Gasteiger partial charge in [-0.05, 0) is 54.5 Å². The molecule has 1 aliphatic carbocycles. The van der Waals surface area contributed by atoms with Gasteiger partial charge in [0.05, 0.1) is 23.6 Å². The second kappa shape index (κ2) is 8.11. The van der Waals surface area contributed by atoms with Crippen LogP contribution < -0.4 is 0 Å². The molecule has 1 fully saturated rings. The van der Waals surface area contributed by atoms with Gasteiger partial charge in [0, 0.05) is 5.92 Å². The molecule has 0 saturated carbocycles. The van der Waals surface area contributed by atoms with Crippen LogP contribution in [0.3, 0.4) is 0 Å². The molecule has 0 radical (unpaired) electrons. The van der Waals surface area contributed by atoms with E-state index < -0.39 is 22.1 Å². The SMILES string of the molecule is N#C[C@@H]1[C@@H](c2ccccc2C2=CCCCC2)[C@H](CO)N1S(=O)(=O)c1ccccc1. The lowest BCUT2D eigenvalue weighted by molar-refractivity contribution is 0.0555. The van der Waals surface area contributed by atoms with Crippen LogP contribution in [0.5, 0.6) is 0 Å². The van der Waals surface area contributed by atoms with Gasteiger partial charge in [-0.3, -0.25) is 0 Å². The third-order valence-electron chi connectivity index (χ3n) is 5.95. The molecule has 0 amide bonds. The van der Waals surface area contributed by atoms with Crippen molar-refractivity contribution in [3.63, 3.8) is 0 Å². The highest BCUT2D eigenvalue weighted by molar-refractivity contribution is 7.89. The van der Waals surface area contributed by atoms with Gasteiger partial charge < -0.3 is 5.11 Å². The fourth-order valence-electron chi connectivity index (χ4n) is 4.55. The molecule has 0 unspecified atom stereocenters. The van der Waals surface area contributed by atoms with Crippen LogP contribution in [0, 0.1) is 11.3 Å². The maximum atomic E-state index is 13.2. The van der Waals surface area contributed by atoms with Crippen molar-refractivity contribution in [1.82, 2.24) is 4.31 Å². The first-order valence-corrected chi connectivity index (χ1v) is 11.4. The van der Waals surface area contributed by atoms with Gasteiger partial charge in [0.25, 0.3) is 0 Å². The molecular formula is C23H24N2O3S. The smallest absolute Gasteiger partial charge is 0.244 e. The fraction of sp³-hybridized carbons (Fsp3) is 0.348. The summed E-state index contributed by atoms with van der Waals surface area (Å²) in [5, 5.41) is 19.9. The topological polar surface area (TPSA) is 81.4 Å². The number of hydrogen-bond acceptors (Lipinski definition) is 4. The molecule has 2 aliphatic rings. The van der Waals surface area contributed by atoms with E-state index in [2.05, 4.69) is 12.1 Å². The standard InChI is InChI=1S/C23H24N2O3S/c24-15-21-23(20-14-8-7-13-19(20)17-9-3-1-4-10-17)22(16-26)25(21)29(27,28)18-11-5-2-6-12-18/h2,5-9,11-14,21-23,26H,1,3-4,10,16H2/t21-,22+,23-/m1/s1. The largest absolute Gasteiger partial charge is 0.395 e. The van der Waals surface area contributed by atoms with Crippen LogP contribution in [-0.4, -0.2) is 36.5 Å². The molecule has 0 bridgehead atoms. The molecule has 2 aromatic rings. The van der Waals surface area contributed by atoms with Gasteiger partial charge in [0.2, 0.25) is 10.0 Å². The number of hydrogen-bond donors (Lipinski definition) is 1. The van der Waals surface area contributed by atoms with Gasteiger partial charge in [0.1, 0.15) is 6.04 Å². The van der Waals surface area contributed by atoms with Crippen molar-refractivity contribution >= 4 is 15.6 Å². The molecule has 0 aromatic heterocycles. The van der Waals surface area contributed by atoms with E-state index >= 15 is 0 Å². The lowest BCUT2D eigenvalue weighted by Crippen LogP contribution is -2.65. The summed E-state index contributed by atoms with van der Waals surface area (Å²) in [6.07, 6.45) is 6.57. The van der Waals surface area contributed by atoms with E-state index in [9.17, 15) is 18.8 Å². The number of sulfonamides is 1. The first-order chi connectivity index (χ1) is 14.1. The molecule has 4 rings (SSSR count). The first-order valence-electron chi connectivity index (χ1n) is 9.97. The molecular weight excluding hydrogens is 384 g/mol. The summed E-state index contributed by atoms with van der Waals surface area (Å²) in [6, 6.07) is 16.7. The Morgan fingerprint density at radius 3 is 2.45 bits per heavy atom. The van der Waals surface area contributed by atoms with Gasteiger partial charge in [-0.1, -0.05) is 48.5 Å². The third-order valence-corrected chi connectivity index (χ3v) is 7.87. The maximum absolute atomic E-state index is 13.2. The van der Waals surface area contributed by atoms with E-state index in [1.807, 2.05) is 24.3 Å². The van der Waals surface area contributed by atoms with E-state index in [0.29, 0.717) is 0 Å². The Bertz CT molecular complexity index is 1060. The Morgan fingerprint density at radius 1 is 1.07 bits per heavy atom. The monoisotopic (exact) mass is 408 g/mol. The number of benzene rings is 2. The lowest BCUT2D eigenvalue weighted by Gasteiger charge is -2.50. The van der Waals surface area contributed by atoms with Crippen LogP contribution in [0.1, 0.15) is 42.7 Å². The molecule has 5 nitrogen and oxygen atoms in total. The molecule has 150 valence electrons. The molecule has 6 heteroatoms. The predicted octanol–water partition coefficient (Wildman–Crippen LogP) is 3.69. The van der Waals surface area contributed by atoms with Crippen molar-refractivity contribution in [2.45, 2.75) is 48.6 Å². The van der Waals surface area contributed by atoms with Crippen molar-refractivity contribution in [3.05, 3.63) is 71.8 Å². The van der Waals surface area contributed by atoms with E-state index in [1.165, 1.54) is 28.4 Å². The van der Waals surface area contributed by atoms with E-state index in [0.717, 1.165) is 30.4 Å². The van der Waals surface area contributed by atoms with Crippen molar-refractivity contribution in [2.24, 2.45) is 0 Å². The molecule has 3 atom stereocenters. The fourth-order valence-corrected chi connectivity index (χ4v) is 6.32. The minimum atomic E-state index is -3.87. The van der Waals surface area contributed by atoms with Crippen molar-refractivity contribution in [2.75, 3.05) is 6.61 Å². The van der Waals surface area contributed by atoms with Gasteiger partial charge in [-0.15, -0.1) is 0 Å². The average Bonchev–Trinajstić information content (AvgIpc) is 2.75. The van der Waals surface area contributed by atoms with Gasteiger partial charge >= 0.3 is 0 Å². The second-order valence-electron chi connectivity index (χ2n) is 7.56. The van der Waals surface area contributed by atoms with Gasteiger partial charge in [-0.2, -0.15) is 9.57 Å². The van der Waals surface area contributed by atoms with Crippen LogP contribution in [-0.2, 0) is 10.0 Å². The minimum Gasteiger partial charge on any atom is -0.395 e. The molecule has 1 heterocycles. The van der Waals surface area contributed by atoms with Crippen molar-refractivity contribution in [3.8, 4) is 6.07 Å². The summed E-state index contributed by atoms with van der Waals surface area (Å²) in [5.41, 5.74) is 3.28. The lowest BCUT2D eigenvalue weighted by atomic mass is 9.74. The molecule has 29 heavy (non-hydrogen) atoms. The van der Waals surface area contributed by atoms with E-state index in [4.69, 9.17) is 0 Å². The number of aliphatic hydroxyl groups excluding tert-OH is 1. The zero-order valence-electron chi connectivity index (χ0n) is 16.1. The molecule has 1 saturated heterocycles. The zero-order valence-corrected chi connectivity index (χ0v) is 16.9. The van der Waals surface area contributed by atoms with Gasteiger partial charge in [0.15, 0.2) is 0 Å². The number of rotatable bonds is 5. The highest BCUT2D eigenvalue weighted by Gasteiger charge is 2.55. The molecule has 0 spiro atoms. The first kappa shape index (κ1) is 19.8. The summed E-state index contributed by atoms with van der Waals surface area (Å²) in [5.74, 6) is -0.359. The minimum absolute atomic E-state index is 0.139. The highest BCUT2D eigenvalue weighted by atomic mass is 32.2. The van der Waals surface area contributed by atoms with E-state index in [-0.39, 0.29) is 17.4 Å². The quantitative estimate of drug-likeness (QED) is 0.818. The van der Waals surface area contributed by atoms with Crippen LogP contribution in [0.2, 0.25) is 0 Å². The molecule has 2 aromatic carbocycles. The van der Waals surface area contributed by atoms with Crippen LogP contribution >= 0.6 is 0 Å². The predicted molar refractivity (Wildman–Crippen MR) is 111 cm³/mol. The van der Waals surface area contributed by atoms with Crippen molar-refractivity contribution in [1.29, 1.82) is 5.26 Å². The van der Waals surface area contributed by atoms with Crippen LogP contribution in [0.4, 0.5) is 0 Å². The number of nitriles is 1. The Hall–Kier alpha value is -2.46. The summed E-state index contributed by atoms with van der Waals surface area (Å²) < 4.78 is 27.5. The van der Waals surface area contributed by atoms with Crippen LogP contribution in [0.25, 0.3) is 5.57 Å². The molecule has 1 aliphatic heterocycles. The Kier molecular flexibility index (Phi) is 5.55.